The summed E-state index contributed by atoms with van der Waals surface area (Å²) in [6.45, 7) is 9.51. The van der Waals surface area contributed by atoms with Gasteiger partial charge in [0.25, 0.3) is 5.91 Å². The van der Waals surface area contributed by atoms with Crippen LogP contribution in [0, 0.1) is 18.7 Å². The number of carbonyl (C=O) groups excluding carboxylic acids is 1. The zero-order valence-electron chi connectivity index (χ0n) is 22.0. The number of rotatable bonds is 11. The number of anilines is 2. The molecule has 1 saturated heterocycles. The van der Waals surface area contributed by atoms with Gasteiger partial charge in [-0.2, -0.15) is 0 Å². The second-order valence-electron chi connectivity index (χ2n) is 10.5. The zero-order valence-corrected chi connectivity index (χ0v) is 23.6. The summed E-state index contributed by atoms with van der Waals surface area (Å²) in [5.74, 6) is -0.544. The first kappa shape index (κ1) is 27.1. The Morgan fingerprint density at radius 3 is 2.84 bits per heavy atom. The van der Waals surface area contributed by atoms with Gasteiger partial charge in [-0.15, -0.1) is 0 Å². The quantitative estimate of drug-likeness (QED) is 0.213. The van der Waals surface area contributed by atoms with Crippen molar-refractivity contribution in [3.05, 3.63) is 52.0 Å². The summed E-state index contributed by atoms with van der Waals surface area (Å²) < 4.78 is 18.8. The Hall–Kier alpha value is -2.53. The normalized spacial score (nSPS) is 18.2. The van der Waals surface area contributed by atoms with Crippen molar-refractivity contribution < 1.29 is 14.0 Å². The van der Waals surface area contributed by atoms with Crippen LogP contribution < -0.4 is 16.1 Å². The first-order valence-electron chi connectivity index (χ1n) is 13.5. The van der Waals surface area contributed by atoms with E-state index >= 15 is 4.39 Å². The minimum atomic E-state index is -0.550. The molecule has 0 bridgehead atoms. The number of piperazine rings is 1. The predicted octanol–water partition coefficient (Wildman–Crippen LogP) is 5.14. The van der Waals surface area contributed by atoms with Crippen LogP contribution >= 0.6 is 15.9 Å². The molecule has 2 fully saturated rings. The van der Waals surface area contributed by atoms with Crippen LogP contribution in [-0.4, -0.2) is 59.2 Å². The summed E-state index contributed by atoms with van der Waals surface area (Å²) in [4.78, 5) is 25.5. The van der Waals surface area contributed by atoms with Gasteiger partial charge in [0.15, 0.2) is 5.82 Å². The number of hydroxylamine groups is 1. The second kappa shape index (κ2) is 12.1. The number of amides is 1. The van der Waals surface area contributed by atoms with Gasteiger partial charge in [-0.3, -0.25) is 14.5 Å². The number of nitrogens with one attached hydrogen (secondary N) is 3. The fraction of sp³-hybridized carbons (Fsp3) is 0.500. The van der Waals surface area contributed by atoms with Gasteiger partial charge in [-0.25, -0.2) is 14.9 Å². The van der Waals surface area contributed by atoms with E-state index in [-0.39, 0.29) is 16.8 Å². The minimum absolute atomic E-state index is 0.0911. The van der Waals surface area contributed by atoms with Crippen LogP contribution in [-0.2, 0) is 11.4 Å². The highest BCUT2D eigenvalue weighted by atomic mass is 79.9. The fourth-order valence-corrected chi connectivity index (χ4v) is 5.39. The lowest BCUT2D eigenvalue weighted by molar-refractivity contribution is 0.0271. The van der Waals surface area contributed by atoms with Crippen LogP contribution in [0.15, 0.2) is 35.1 Å². The zero-order chi connectivity index (χ0) is 26.6. The van der Waals surface area contributed by atoms with Gasteiger partial charge < -0.3 is 15.2 Å². The van der Waals surface area contributed by atoms with Crippen LogP contribution in [0.3, 0.4) is 0 Å². The molecule has 0 spiro atoms. The molecule has 0 radical (unpaired) electrons. The van der Waals surface area contributed by atoms with E-state index in [1.165, 1.54) is 0 Å². The molecule has 1 amide bonds. The first-order chi connectivity index (χ1) is 18.4. The van der Waals surface area contributed by atoms with Crippen LogP contribution in [0.25, 0.3) is 11.0 Å². The van der Waals surface area contributed by atoms with E-state index in [1.54, 1.807) is 12.4 Å². The Morgan fingerprint density at radius 2 is 2.08 bits per heavy atom. The van der Waals surface area contributed by atoms with Crippen LogP contribution in [0.5, 0.6) is 0 Å². The van der Waals surface area contributed by atoms with Crippen molar-refractivity contribution in [3.63, 3.8) is 0 Å². The van der Waals surface area contributed by atoms with Gasteiger partial charge in [-0.1, -0.05) is 15.9 Å². The molecule has 1 aromatic heterocycles. The summed E-state index contributed by atoms with van der Waals surface area (Å²) in [5, 5.41) is 6.58. The highest BCUT2D eigenvalue weighted by Crippen LogP contribution is 2.33. The van der Waals surface area contributed by atoms with Crippen molar-refractivity contribution in [2.45, 2.75) is 52.1 Å². The Kier molecular flexibility index (Phi) is 8.62. The minimum Gasteiger partial charge on any atom is -0.352 e. The molecule has 8 nitrogen and oxygen atoms in total. The lowest BCUT2D eigenvalue weighted by Crippen LogP contribution is -2.49. The van der Waals surface area contributed by atoms with Gasteiger partial charge in [0.2, 0.25) is 0 Å². The second-order valence-corrected chi connectivity index (χ2v) is 11.4. The lowest BCUT2D eigenvalue weighted by Gasteiger charge is -2.33. The highest BCUT2D eigenvalue weighted by molar-refractivity contribution is 9.10. The number of hydrogen-bond donors (Lipinski definition) is 3. The maximum atomic E-state index is 16.0. The van der Waals surface area contributed by atoms with Gasteiger partial charge in [0.05, 0.1) is 29.7 Å². The molecule has 2 heterocycles. The maximum absolute atomic E-state index is 16.0. The molecule has 10 heteroatoms. The largest absolute Gasteiger partial charge is 0.352 e. The molecule has 5 rings (SSSR count). The molecular weight excluding hydrogens is 551 g/mol. The molecule has 1 aliphatic carbocycles. The van der Waals surface area contributed by atoms with Crippen molar-refractivity contribution in [1.29, 1.82) is 0 Å². The maximum Gasteiger partial charge on any atom is 0.277 e. The topological polar surface area (TPSA) is 83.5 Å². The Labute approximate surface area is 231 Å². The van der Waals surface area contributed by atoms with Crippen molar-refractivity contribution in [2.75, 3.05) is 38.1 Å². The highest BCUT2D eigenvalue weighted by Gasteiger charge is 2.25. The van der Waals surface area contributed by atoms with Crippen molar-refractivity contribution in [2.24, 2.45) is 5.92 Å². The number of fused-ring (bicyclic) bond motifs is 1. The molecule has 2 aliphatic rings. The molecule has 38 heavy (non-hydrogen) atoms. The van der Waals surface area contributed by atoms with Gasteiger partial charge in [-0.05, 0) is 81.8 Å². The van der Waals surface area contributed by atoms with Crippen LogP contribution in [0.4, 0.5) is 15.8 Å². The number of unbranched alkanes of at least 4 members (excludes halogenated alkanes) is 1. The number of aromatic nitrogens is 2. The third-order valence-corrected chi connectivity index (χ3v) is 7.96. The van der Waals surface area contributed by atoms with E-state index in [9.17, 15) is 4.79 Å². The fourth-order valence-electron chi connectivity index (χ4n) is 4.92. The average molecular weight is 588 g/mol. The number of hydrogen-bond acceptors (Lipinski definition) is 6. The van der Waals surface area contributed by atoms with Crippen molar-refractivity contribution in [3.8, 4) is 0 Å². The Morgan fingerprint density at radius 1 is 1.26 bits per heavy atom. The summed E-state index contributed by atoms with van der Waals surface area (Å²) >= 11 is 3.46. The summed E-state index contributed by atoms with van der Waals surface area (Å²) in [5.41, 5.74) is 5.27. The van der Waals surface area contributed by atoms with E-state index in [0.717, 1.165) is 61.9 Å². The molecule has 204 valence electrons. The van der Waals surface area contributed by atoms with Crippen molar-refractivity contribution >= 4 is 44.2 Å². The van der Waals surface area contributed by atoms with E-state index in [2.05, 4.69) is 48.9 Å². The number of imidazole rings is 1. The van der Waals surface area contributed by atoms with E-state index < -0.39 is 11.7 Å². The monoisotopic (exact) mass is 586 g/mol. The molecule has 1 aliphatic heterocycles. The molecule has 1 unspecified atom stereocenters. The number of benzene rings is 2. The number of carbonyl (C=O) groups is 1. The van der Waals surface area contributed by atoms with Gasteiger partial charge in [0.1, 0.15) is 5.52 Å². The lowest BCUT2D eigenvalue weighted by atomic mass is 10.1. The number of nitrogens with zero attached hydrogens (tertiary/aromatic N) is 3. The Balaban J connectivity index is 1.37. The third-order valence-electron chi connectivity index (χ3n) is 7.46. The predicted molar refractivity (Wildman–Crippen MR) is 151 cm³/mol. The van der Waals surface area contributed by atoms with Gasteiger partial charge in [0, 0.05) is 42.4 Å². The molecular formula is C28H36BrFN6O2. The summed E-state index contributed by atoms with van der Waals surface area (Å²) in [6.07, 6.45) is 5.87. The number of aryl methyl sites for hydroxylation is 2. The van der Waals surface area contributed by atoms with Crippen LogP contribution in [0.2, 0.25) is 0 Å². The first-order valence-corrected chi connectivity index (χ1v) is 14.3. The smallest absolute Gasteiger partial charge is 0.277 e. The van der Waals surface area contributed by atoms with Gasteiger partial charge >= 0.3 is 0 Å². The SMILES string of the molecule is Cc1cc(Br)ccc1Nc1c(C(=O)NOCC2CC2)cc2c(ncn2CCCCN2CCNCC2C)c1F. The van der Waals surface area contributed by atoms with Crippen molar-refractivity contribution in [1.82, 2.24) is 25.2 Å². The average Bonchev–Trinajstić information content (AvgIpc) is 3.63. The van der Waals surface area contributed by atoms with E-state index in [1.807, 2.05) is 29.7 Å². The Bertz CT molecular complexity index is 1290. The number of halogens is 2. The molecule has 3 N–H and O–H groups in total. The molecule has 1 atom stereocenters. The van der Waals surface area contributed by atoms with E-state index in [4.69, 9.17) is 4.84 Å². The standard InChI is InChI=1S/C28H36BrFN6O2/c1-18-13-21(29)7-8-23(18)33-26-22(28(37)34-38-16-20-5-6-20)14-24-27(25(26)30)32-17-36(24)11-4-3-10-35-12-9-31-15-19(35)2/h7-8,13-14,17,19-20,31,33H,3-6,9-12,15-16H2,1-2H3,(H,34,37). The third kappa shape index (κ3) is 6.36. The van der Waals surface area contributed by atoms with E-state index in [0.29, 0.717) is 36.3 Å². The molecule has 3 aromatic rings. The summed E-state index contributed by atoms with van der Waals surface area (Å²) in [6, 6.07) is 7.92. The summed E-state index contributed by atoms with van der Waals surface area (Å²) in [7, 11) is 0. The molecule has 2 aromatic carbocycles. The van der Waals surface area contributed by atoms with Crippen LogP contribution in [0.1, 0.15) is 48.5 Å². The molecule has 1 saturated carbocycles.